The monoisotopic (exact) mass is 355 g/mol. The SMILES string of the molecule is NC(=O)CN(C(=O)c1ccc(Br)c(O)c1)C1CCNCC1. The molecule has 2 rings (SSSR count). The molecule has 1 saturated heterocycles. The Morgan fingerprint density at radius 3 is 2.62 bits per heavy atom. The first kappa shape index (κ1) is 15.8. The predicted molar refractivity (Wildman–Crippen MR) is 81.9 cm³/mol. The van der Waals surface area contributed by atoms with E-state index < -0.39 is 5.91 Å². The van der Waals surface area contributed by atoms with Crippen molar-refractivity contribution in [3.8, 4) is 5.75 Å². The van der Waals surface area contributed by atoms with Gasteiger partial charge in [-0.25, -0.2) is 0 Å². The first-order valence-corrected chi connectivity index (χ1v) is 7.57. The number of amides is 2. The molecule has 0 aromatic heterocycles. The van der Waals surface area contributed by atoms with E-state index in [4.69, 9.17) is 5.73 Å². The number of halogens is 1. The standard InChI is InChI=1S/C14H18BrN3O3/c15-11-2-1-9(7-12(11)19)14(21)18(8-13(16)20)10-3-5-17-6-4-10/h1-2,7,10,17,19H,3-6,8H2,(H2,16,20). The number of carbonyl (C=O) groups is 2. The molecule has 1 fully saturated rings. The molecule has 1 aromatic rings. The van der Waals surface area contributed by atoms with Crippen LogP contribution in [0.15, 0.2) is 22.7 Å². The van der Waals surface area contributed by atoms with Crippen molar-refractivity contribution in [2.24, 2.45) is 5.73 Å². The first-order chi connectivity index (χ1) is 9.99. The Morgan fingerprint density at radius 2 is 2.05 bits per heavy atom. The van der Waals surface area contributed by atoms with Gasteiger partial charge in [-0.1, -0.05) is 0 Å². The smallest absolute Gasteiger partial charge is 0.254 e. The Kier molecular flexibility index (Phi) is 5.19. The third-order valence-corrected chi connectivity index (χ3v) is 4.20. The molecule has 0 saturated carbocycles. The second-order valence-corrected chi connectivity index (χ2v) is 5.90. The molecule has 21 heavy (non-hydrogen) atoms. The Hall–Kier alpha value is -1.60. The van der Waals surface area contributed by atoms with Crippen LogP contribution in [-0.2, 0) is 4.79 Å². The number of phenolic OH excluding ortho intramolecular Hbond substituents is 1. The van der Waals surface area contributed by atoms with E-state index in [0.717, 1.165) is 25.9 Å². The van der Waals surface area contributed by atoms with Crippen LogP contribution in [0.2, 0.25) is 0 Å². The van der Waals surface area contributed by atoms with Crippen molar-refractivity contribution >= 4 is 27.7 Å². The zero-order valence-electron chi connectivity index (χ0n) is 11.5. The van der Waals surface area contributed by atoms with E-state index in [0.29, 0.717) is 10.0 Å². The zero-order chi connectivity index (χ0) is 15.4. The van der Waals surface area contributed by atoms with E-state index in [1.54, 1.807) is 12.1 Å². The van der Waals surface area contributed by atoms with Crippen LogP contribution in [-0.4, -0.2) is 47.5 Å². The molecule has 7 heteroatoms. The van der Waals surface area contributed by atoms with Gasteiger partial charge in [0.1, 0.15) is 5.75 Å². The topological polar surface area (TPSA) is 95.7 Å². The number of aromatic hydroxyl groups is 1. The van der Waals surface area contributed by atoms with E-state index in [-0.39, 0.29) is 24.2 Å². The minimum absolute atomic E-state index is 0.00909. The predicted octanol–water partition coefficient (Wildman–Crippen LogP) is 0.834. The maximum atomic E-state index is 12.6. The molecule has 0 aliphatic carbocycles. The minimum atomic E-state index is -0.539. The summed E-state index contributed by atoms with van der Waals surface area (Å²) in [5.74, 6) is -0.836. The number of nitrogens with two attached hydrogens (primary N) is 1. The molecule has 1 aliphatic heterocycles. The maximum Gasteiger partial charge on any atom is 0.254 e. The summed E-state index contributed by atoms with van der Waals surface area (Å²) in [5, 5.41) is 12.9. The molecule has 1 aromatic carbocycles. The van der Waals surface area contributed by atoms with Gasteiger partial charge in [0, 0.05) is 11.6 Å². The summed E-state index contributed by atoms with van der Waals surface area (Å²) in [6.45, 7) is 1.50. The molecule has 0 atom stereocenters. The van der Waals surface area contributed by atoms with Gasteiger partial charge >= 0.3 is 0 Å². The highest BCUT2D eigenvalue weighted by Crippen LogP contribution is 2.25. The second-order valence-electron chi connectivity index (χ2n) is 5.05. The normalized spacial score (nSPS) is 15.7. The van der Waals surface area contributed by atoms with Crippen molar-refractivity contribution in [3.63, 3.8) is 0 Å². The van der Waals surface area contributed by atoms with Crippen molar-refractivity contribution < 1.29 is 14.7 Å². The molecule has 1 heterocycles. The van der Waals surface area contributed by atoms with Gasteiger partial charge in [0.2, 0.25) is 5.91 Å². The number of phenols is 1. The number of carbonyl (C=O) groups excluding carboxylic acids is 2. The van der Waals surface area contributed by atoms with Crippen LogP contribution in [0.1, 0.15) is 23.2 Å². The molecule has 2 amide bonds. The average molecular weight is 356 g/mol. The summed E-state index contributed by atoms with van der Waals surface area (Å²) in [6, 6.07) is 4.59. The fraction of sp³-hybridized carbons (Fsp3) is 0.429. The Labute approximate surface area is 131 Å². The number of primary amides is 1. The van der Waals surface area contributed by atoms with Crippen LogP contribution in [0.25, 0.3) is 0 Å². The molecular formula is C14H18BrN3O3. The number of piperidine rings is 1. The van der Waals surface area contributed by atoms with Gasteiger partial charge in [-0.3, -0.25) is 9.59 Å². The first-order valence-electron chi connectivity index (χ1n) is 6.77. The lowest BCUT2D eigenvalue weighted by molar-refractivity contribution is -0.119. The number of benzene rings is 1. The Morgan fingerprint density at radius 1 is 1.38 bits per heavy atom. The van der Waals surface area contributed by atoms with Crippen molar-refractivity contribution in [1.82, 2.24) is 10.2 Å². The van der Waals surface area contributed by atoms with Crippen LogP contribution in [0.4, 0.5) is 0 Å². The van der Waals surface area contributed by atoms with Crippen molar-refractivity contribution in [3.05, 3.63) is 28.2 Å². The van der Waals surface area contributed by atoms with Crippen molar-refractivity contribution in [2.45, 2.75) is 18.9 Å². The van der Waals surface area contributed by atoms with E-state index in [9.17, 15) is 14.7 Å². The Balaban J connectivity index is 2.23. The van der Waals surface area contributed by atoms with Crippen LogP contribution in [0.3, 0.4) is 0 Å². The lowest BCUT2D eigenvalue weighted by Gasteiger charge is -2.34. The number of nitrogens with one attached hydrogen (secondary N) is 1. The molecule has 0 spiro atoms. The lowest BCUT2D eigenvalue weighted by atomic mass is 10.0. The van der Waals surface area contributed by atoms with E-state index in [2.05, 4.69) is 21.2 Å². The van der Waals surface area contributed by atoms with Crippen LogP contribution in [0.5, 0.6) is 5.75 Å². The summed E-state index contributed by atoms with van der Waals surface area (Å²) >= 11 is 3.18. The molecule has 0 unspecified atom stereocenters. The van der Waals surface area contributed by atoms with Gasteiger partial charge in [0.15, 0.2) is 0 Å². The fourth-order valence-corrected chi connectivity index (χ4v) is 2.71. The number of rotatable bonds is 4. The number of hydrogen-bond donors (Lipinski definition) is 3. The molecule has 4 N–H and O–H groups in total. The largest absolute Gasteiger partial charge is 0.507 e. The molecule has 114 valence electrons. The average Bonchev–Trinajstić information content (AvgIpc) is 2.47. The summed E-state index contributed by atoms with van der Waals surface area (Å²) < 4.78 is 0.516. The van der Waals surface area contributed by atoms with Crippen LogP contribution in [0, 0.1) is 0 Å². The minimum Gasteiger partial charge on any atom is -0.507 e. The molecule has 6 nitrogen and oxygen atoms in total. The van der Waals surface area contributed by atoms with E-state index in [1.165, 1.54) is 11.0 Å². The van der Waals surface area contributed by atoms with Gasteiger partial charge in [-0.15, -0.1) is 0 Å². The van der Waals surface area contributed by atoms with Gasteiger partial charge < -0.3 is 21.1 Å². The fourth-order valence-electron chi connectivity index (χ4n) is 2.46. The quantitative estimate of drug-likeness (QED) is 0.745. The van der Waals surface area contributed by atoms with Crippen LogP contribution < -0.4 is 11.1 Å². The maximum absolute atomic E-state index is 12.6. The van der Waals surface area contributed by atoms with Gasteiger partial charge in [-0.2, -0.15) is 0 Å². The Bertz CT molecular complexity index is 544. The van der Waals surface area contributed by atoms with Gasteiger partial charge in [0.25, 0.3) is 5.91 Å². The highest BCUT2D eigenvalue weighted by molar-refractivity contribution is 9.10. The van der Waals surface area contributed by atoms with Gasteiger partial charge in [0.05, 0.1) is 11.0 Å². The third-order valence-electron chi connectivity index (χ3n) is 3.53. The highest BCUT2D eigenvalue weighted by atomic mass is 79.9. The summed E-state index contributed by atoms with van der Waals surface area (Å²) in [6.07, 6.45) is 1.56. The zero-order valence-corrected chi connectivity index (χ0v) is 13.1. The van der Waals surface area contributed by atoms with E-state index in [1.807, 2.05) is 0 Å². The van der Waals surface area contributed by atoms with Crippen LogP contribution >= 0.6 is 15.9 Å². The lowest BCUT2D eigenvalue weighted by Crippen LogP contribution is -2.49. The summed E-state index contributed by atoms with van der Waals surface area (Å²) in [7, 11) is 0. The molecule has 0 bridgehead atoms. The van der Waals surface area contributed by atoms with Crippen molar-refractivity contribution in [2.75, 3.05) is 19.6 Å². The highest BCUT2D eigenvalue weighted by Gasteiger charge is 2.27. The van der Waals surface area contributed by atoms with Crippen molar-refractivity contribution in [1.29, 1.82) is 0 Å². The second kappa shape index (κ2) is 6.91. The summed E-state index contributed by atoms with van der Waals surface area (Å²) in [4.78, 5) is 25.4. The molecular weight excluding hydrogens is 338 g/mol. The third kappa shape index (κ3) is 3.95. The van der Waals surface area contributed by atoms with E-state index >= 15 is 0 Å². The number of nitrogens with zero attached hydrogens (tertiary/aromatic N) is 1. The summed E-state index contributed by atoms with van der Waals surface area (Å²) in [5.41, 5.74) is 5.61. The van der Waals surface area contributed by atoms with Gasteiger partial charge in [-0.05, 0) is 60.1 Å². The molecule has 0 radical (unpaired) electrons. The number of hydrogen-bond acceptors (Lipinski definition) is 4. The molecule has 1 aliphatic rings.